The molecule has 3 heterocycles. The minimum absolute atomic E-state index is 0.343. The number of likely N-dealkylation sites (N-methyl/N-ethyl adjacent to an activating group) is 1. The summed E-state index contributed by atoms with van der Waals surface area (Å²) in [5.74, 6) is 3.13. The summed E-state index contributed by atoms with van der Waals surface area (Å²) in [5.41, 5.74) is 0. The fourth-order valence-corrected chi connectivity index (χ4v) is 4.20. The van der Waals surface area contributed by atoms with Crippen LogP contribution in [0.1, 0.15) is 44.1 Å². The Kier molecular flexibility index (Phi) is 5.95. The predicted octanol–water partition coefficient (Wildman–Crippen LogP) is 2.26. The molecule has 1 aromatic rings. The van der Waals surface area contributed by atoms with Gasteiger partial charge in [0.2, 0.25) is 5.91 Å². The molecule has 1 amide bonds. The SMILES string of the molecule is CCCc1ccc(CN2CC[C@@H]3[C@@H](CCC(=O)N3CCNC)C2)o1. The summed E-state index contributed by atoms with van der Waals surface area (Å²) >= 11 is 0. The van der Waals surface area contributed by atoms with Crippen molar-refractivity contribution in [3.05, 3.63) is 23.7 Å². The number of aryl methyl sites for hydroxylation is 1. The first-order valence-electron chi connectivity index (χ1n) is 9.45. The number of carbonyl (C=O) groups excluding carboxylic acids is 1. The molecule has 0 unspecified atom stereocenters. The Morgan fingerprint density at radius 1 is 1.29 bits per heavy atom. The van der Waals surface area contributed by atoms with E-state index in [0.29, 0.717) is 24.3 Å². The lowest BCUT2D eigenvalue weighted by atomic mass is 9.83. The van der Waals surface area contributed by atoms with Crippen molar-refractivity contribution in [2.24, 2.45) is 5.92 Å². The van der Waals surface area contributed by atoms with Crippen LogP contribution in [0.15, 0.2) is 16.5 Å². The van der Waals surface area contributed by atoms with E-state index in [1.165, 1.54) is 0 Å². The van der Waals surface area contributed by atoms with Gasteiger partial charge in [-0.05, 0) is 44.4 Å². The van der Waals surface area contributed by atoms with Crippen LogP contribution in [0.4, 0.5) is 0 Å². The van der Waals surface area contributed by atoms with Crippen molar-refractivity contribution in [3.8, 4) is 0 Å². The van der Waals surface area contributed by atoms with E-state index < -0.39 is 0 Å². The van der Waals surface area contributed by atoms with Crippen molar-refractivity contribution in [1.29, 1.82) is 0 Å². The molecule has 2 fully saturated rings. The topological polar surface area (TPSA) is 48.7 Å². The summed E-state index contributed by atoms with van der Waals surface area (Å²) in [5, 5.41) is 3.17. The lowest BCUT2D eigenvalue weighted by Crippen LogP contribution is -2.56. The molecule has 2 atom stereocenters. The van der Waals surface area contributed by atoms with E-state index in [-0.39, 0.29) is 0 Å². The Labute approximate surface area is 145 Å². The molecule has 2 aliphatic heterocycles. The van der Waals surface area contributed by atoms with E-state index in [2.05, 4.69) is 34.2 Å². The van der Waals surface area contributed by atoms with Gasteiger partial charge in [0.1, 0.15) is 11.5 Å². The van der Waals surface area contributed by atoms with Gasteiger partial charge in [0.05, 0.1) is 6.54 Å². The van der Waals surface area contributed by atoms with Crippen LogP contribution in [0.25, 0.3) is 0 Å². The number of fused-ring (bicyclic) bond motifs is 1. The minimum atomic E-state index is 0.343. The highest BCUT2D eigenvalue weighted by Crippen LogP contribution is 2.31. The molecule has 5 nitrogen and oxygen atoms in total. The van der Waals surface area contributed by atoms with Crippen molar-refractivity contribution < 1.29 is 9.21 Å². The normalized spacial score (nSPS) is 25.1. The van der Waals surface area contributed by atoms with Crippen LogP contribution in [0.5, 0.6) is 0 Å². The second kappa shape index (κ2) is 8.17. The van der Waals surface area contributed by atoms with Crippen molar-refractivity contribution in [2.75, 3.05) is 33.2 Å². The maximum Gasteiger partial charge on any atom is 0.222 e. The molecule has 134 valence electrons. The molecule has 0 aromatic carbocycles. The number of amides is 1. The molecule has 5 heteroatoms. The Bertz CT molecular complexity index is 542. The fourth-order valence-electron chi connectivity index (χ4n) is 4.20. The highest BCUT2D eigenvalue weighted by atomic mass is 16.3. The first-order valence-corrected chi connectivity index (χ1v) is 9.45. The molecule has 2 saturated heterocycles. The molecule has 1 aromatic heterocycles. The molecule has 24 heavy (non-hydrogen) atoms. The Balaban J connectivity index is 1.56. The Hall–Kier alpha value is -1.33. The molecule has 1 N–H and O–H groups in total. The third kappa shape index (κ3) is 4.01. The summed E-state index contributed by atoms with van der Waals surface area (Å²) in [6.45, 7) is 6.93. The Morgan fingerprint density at radius 2 is 2.12 bits per heavy atom. The third-order valence-electron chi connectivity index (χ3n) is 5.42. The molecule has 0 spiro atoms. The molecule has 0 saturated carbocycles. The van der Waals surface area contributed by atoms with E-state index in [9.17, 15) is 4.79 Å². The largest absolute Gasteiger partial charge is 0.465 e. The standard InChI is InChI=1S/C19H31N3O2/c1-3-4-16-6-7-17(24-16)14-21-11-9-18-15(13-21)5-8-19(23)22(18)12-10-20-2/h6-7,15,18,20H,3-5,8-14H2,1-2H3/t15-,18+/m0/s1. The van der Waals surface area contributed by atoms with Gasteiger partial charge in [0.15, 0.2) is 0 Å². The van der Waals surface area contributed by atoms with E-state index >= 15 is 0 Å². The molecule has 2 aliphatic rings. The van der Waals surface area contributed by atoms with E-state index in [4.69, 9.17) is 4.42 Å². The zero-order chi connectivity index (χ0) is 16.9. The molecular formula is C19H31N3O2. The number of furan rings is 1. The van der Waals surface area contributed by atoms with Gasteiger partial charge in [-0.15, -0.1) is 0 Å². The van der Waals surface area contributed by atoms with Crippen LogP contribution in [0.2, 0.25) is 0 Å². The average Bonchev–Trinajstić information content (AvgIpc) is 3.01. The lowest BCUT2D eigenvalue weighted by Gasteiger charge is -2.47. The first-order chi connectivity index (χ1) is 11.7. The van der Waals surface area contributed by atoms with Gasteiger partial charge in [-0.3, -0.25) is 9.69 Å². The summed E-state index contributed by atoms with van der Waals surface area (Å²) in [4.78, 5) is 16.9. The number of likely N-dealkylation sites (tertiary alicyclic amines) is 2. The minimum Gasteiger partial charge on any atom is -0.465 e. The summed E-state index contributed by atoms with van der Waals surface area (Å²) < 4.78 is 5.94. The number of nitrogens with zero attached hydrogens (tertiary/aromatic N) is 2. The molecule has 0 bridgehead atoms. The smallest absolute Gasteiger partial charge is 0.222 e. The summed E-state index contributed by atoms with van der Waals surface area (Å²) in [6, 6.07) is 4.67. The van der Waals surface area contributed by atoms with Crippen LogP contribution < -0.4 is 5.32 Å². The number of hydrogen-bond acceptors (Lipinski definition) is 4. The number of carbonyl (C=O) groups is 1. The van der Waals surface area contributed by atoms with E-state index in [1.807, 2.05) is 7.05 Å². The average molecular weight is 333 g/mol. The second-order valence-corrected chi connectivity index (χ2v) is 7.20. The zero-order valence-electron chi connectivity index (χ0n) is 15.1. The van der Waals surface area contributed by atoms with Crippen LogP contribution in [-0.4, -0.2) is 55.0 Å². The monoisotopic (exact) mass is 333 g/mol. The van der Waals surface area contributed by atoms with E-state index in [1.54, 1.807) is 0 Å². The van der Waals surface area contributed by atoms with E-state index in [0.717, 1.165) is 69.9 Å². The quantitative estimate of drug-likeness (QED) is 0.831. The second-order valence-electron chi connectivity index (χ2n) is 7.20. The van der Waals surface area contributed by atoms with Crippen molar-refractivity contribution in [3.63, 3.8) is 0 Å². The predicted molar refractivity (Wildman–Crippen MR) is 94.7 cm³/mol. The highest BCUT2D eigenvalue weighted by molar-refractivity contribution is 5.77. The first kappa shape index (κ1) is 17.5. The van der Waals surface area contributed by atoms with Gasteiger partial charge in [-0.25, -0.2) is 0 Å². The lowest BCUT2D eigenvalue weighted by molar-refractivity contribution is -0.141. The Morgan fingerprint density at radius 3 is 2.92 bits per heavy atom. The molecular weight excluding hydrogens is 302 g/mol. The molecule has 0 radical (unpaired) electrons. The van der Waals surface area contributed by atoms with Crippen molar-refractivity contribution >= 4 is 5.91 Å². The third-order valence-corrected chi connectivity index (χ3v) is 5.42. The van der Waals surface area contributed by atoms with Crippen LogP contribution in [-0.2, 0) is 17.8 Å². The van der Waals surface area contributed by atoms with Gasteiger partial charge in [0, 0.05) is 45.1 Å². The van der Waals surface area contributed by atoms with Crippen LogP contribution in [0.3, 0.4) is 0 Å². The number of rotatable bonds is 7. The van der Waals surface area contributed by atoms with Gasteiger partial charge >= 0.3 is 0 Å². The number of nitrogens with one attached hydrogen (secondary N) is 1. The highest BCUT2D eigenvalue weighted by Gasteiger charge is 2.38. The van der Waals surface area contributed by atoms with Gasteiger partial charge < -0.3 is 14.6 Å². The van der Waals surface area contributed by atoms with Gasteiger partial charge in [-0.2, -0.15) is 0 Å². The maximum absolute atomic E-state index is 12.3. The number of hydrogen-bond donors (Lipinski definition) is 1. The van der Waals surface area contributed by atoms with Crippen LogP contribution in [0, 0.1) is 5.92 Å². The number of piperidine rings is 2. The fraction of sp³-hybridized carbons (Fsp3) is 0.737. The van der Waals surface area contributed by atoms with Crippen molar-refractivity contribution in [1.82, 2.24) is 15.1 Å². The summed E-state index contributed by atoms with van der Waals surface area (Å²) in [6.07, 6.45) is 4.97. The maximum atomic E-state index is 12.3. The molecule has 0 aliphatic carbocycles. The van der Waals surface area contributed by atoms with Crippen molar-refractivity contribution in [2.45, 2.75) is 51.6 Å². The van der Waals surface area contributed by atoms with Gasteiger partial charge in [-0.1, -0.05) is 6.92 Å². The van der Waals surface area contributed by atoms with Gasteiger partial charge in [0.25, 0.3) is 0 Å². The molecule has 3 rings (SSSR count). The summed E-state index contributed by atoms with van der Waals surface area (Å²) in [7, 11) is 1.95. The zero-order valence-corrected chi connectivity index (χ0v) is 15.1. The van der Waals surface area contributed by atoms with Crippen LogP contribution >= 0.6 is 0 Å².